The van der Waals surface area contributed by atoms with E-state index in [0.29, 0.717) is 0 Å². The first-order valence-electron chi connectivity index (χ1n) is 5.36. The topological polar surface area (TPSA) is 78.9 Å². The molecule has 88 valence electrons. The van der Waals surface area contributed by atoms with Gasteiger partial charge in [-0.2, -0.15) is 5.26 Å². The van der Waals surface area contributed by atoms with Crippen molar-refractivity contribution in [1.29, 1.82) is 5.26 Å². The average molecular weight is 237 g/mol. The minimum atomic E-state index is -0.745. The number of nitrogens with two attached hydrogens (primary N) is 1. The number of hydrogen-bond acceptors (Lipinski definition) is 3. The molecular weight excluding hydrogens is 226 g/mol. The largest absolute Gasteiger partial charge is 0.365 e. The molecule has 0 aliphatic carbocycles. The molecule has 0 saturated carbocycles. The zero-order chi connectivity index (χ0) is 13.0. The van der Waals surface area contributed by atoms with Crippen LogP contribution in [0.15, 0.2) is 54.2 Å². The van der Waals surface area contributed by atoms with E-state index in [2.05, 4.69) is 5.32 Å². The number of nitrogens with zero attached hydrogens (tertiary/aromatic N) is 1. The SMILES string of the molecule is N#C/C(=C\Nc1ccc2ccccc2c1)C(N)=O. The maximum Gasteiger partial charge on any atom is 0.260 e. The van der Waals surface area contributed by atoms with E-state index in [9.17, 15) is 4.79 Å². The summed E-state index contributed by atoms with van der Waals surface area (Å²) < 4.78 is 0. The molecule has 0 atom stereocenters. The van der Waals surface area contributed by atoms with Crippen molar-refractivity contribution >= 4 is 22.4 Å². The van der Waals surface area contributed by atoms with Crippen molar-refractivity contribution in [2.75, 3.05) is 5.32 Å². The predicted octanol–water partition coefficient (Wildman–Crippen LogP) is 2.14. The first-order chi connectivity index (χ1) is 8.70. The molecule has 0 saturated heterocycles. The second-order valence-electron chi connectivity index (χ2n) is 3.74. The van der Waals surface area contributed by atoms with Crippen molar-refractivity contribution < 1.29 is 4.79 Å². The lowest BCUT2D eigenvalue weighted by atomic mass is 10.1. The molecule has 18 heavy (non-hydrogen) atoms. The zero-order valence-electron chi connectivity index (χ0n) is 9.55. The minimum absolute atomic E-state index is 0.108. The number of rotatable bonds is 3. The summed E-state index contributed by atoms with van der Waals surface area (Å²) in [5.74, 6) is -0.745. The molecular formula is C14H11N3O. The van der Waals surface area contributed by atoms with E-state index in [1.807, 2.05) is 42.5 Å². The van der Waals surface area contributed by atoms with Gasteiger partial charge in [0.25, 0.3) is 5.91 Å². The Bertz CT molecular complexity index is 668. The molecule has 0 bridgehead atoms. The molecule has 1 amide bonds. The van der Waals surface area contributed by atoms with Crippen LogP contribution < -0.4 is 11.1 Å². The number of amides is 1. The highest BCUT2D eigenvalue weighted by molar-refractivity contribution is 5.96. The molecule has 2 aromatic carbocycles. The van der Waals surface area contributed by atoms with Crippen molar-refractivity contribution in [2.24, 2.45) is 5.73 Å². The Hall–Kier alpha value is -2.80. The van der Waals surface area contributed by atoms with Crippen LogP contribution in [0.1, 0.15) is 0 Å². The first kappa shape index (κ1) is 11.7. The van der Waals surface area contributed by atoms with Gasteiger partial charge in [0.15, 0.2) is 0 Å². The molecule has 0 unspecified atom stereocenters. The lowest BCUT2D eigenvalue weighted by Crippen LogP contribution is -2.13. The normalized spacial score (nSPS) is 10.9. The quantitative estimate of drug-likeness (QED) is 0.634. The number of anilines is 1. The Balaban J connectivity index is 2.28. The van der Waals surface area contributed by atoms with E-state index >= 15 is 0 Å². The lowest BCUT2D eigenvalue weighted by Gasteiger charge is -2.03. The summed E-state index contributed by atoms with van der Waals surface area (Å²) >= 11 is 0. The zero-order valence-corrected chi connectivity index (χ0v) is 9.55. The number of carbonyl (C=O) groups excluding carboxylic acids is 1. The van der Waals surface area contributed by atoms with Crippen LogP contribution in [-0.2, 0) is 4.79 Å². The summed E-state index contributed by atoms with van der Waals surface area (Å²) in [6.07, 6.45) is 1.31. The highest BCUT2D eigenvalue weighted by atomic mass is 16.1. The van der Waals surface area contributed by atoms with Crippen LogP contribution in [0, 0.1) is 11.3 Å². The average Bonchev–Trinajstić information content (AvgIpc) is 2.39. The molecule has 2 rings (SSSR count). The predicted molar refractivity (Wildman–Crippen MR) is 70.5 cm³/mol. The Labute approximate surface area is 104 Å². The van der Waals surface area contributed by atoms with E-state index in [-0.39, 0.29) is 5.57 Å². The summed E-state index contributed by atoms with van der Waals surface area (Å²) in [6.45, 7) is 0. The van der Waals surface area contributed by atoms with Crippen LogP contribution in [0.4, 0.5) is 5.69 Å². The van der Waals surface area contributed by atoms with Crippen molar-refractivity contribution in [2.45, 2.75) is 0 Å². The van der Waals surface area contributed by atoms with Crippen LogP contribution >= 0.6 is 0 Å². The number of fused-ring (bicyclic) bond motifs is 1. The summed E-state index contributed by atoms with van der Waals surface area (Å²) in [5.41, 5.74) is 5.72. The maximum atomic E-state index is 10.9. The maximum absolute atomic E-state index is 10.9. The monoisotopic (exact) mass is 237 g/mol. The lowest BCUT2D eigenvalue weighted by molar-refractivity contribution is -0.114. The molecule has 0 aliphatic heterocycles. The van der Waals surface area contributed by atoms with E-state index in [0.717, 1.165) is 16.5 Å². The summed E-state index contributed by atoms with van der Waals surface area (Å²) in [6, 6.07) is 15.4. The molecule has 0 spiro atoms. The van der Waals surface area contributed by atoms with Crippen LogP contribution in [0.3, 0.4) is 0 Å². The fourth-order valence-corrected chi connectivity index (χ4v) is 1.59. The van der Waals surface area contributed by atoms with Gasteiger partial charge in [0, 0.05) is 11.9 Å². The van der Waals surface area contributed by atoms with Crippen molar-refractivity contribution in [1.82, 2.24) is 0 Å². The van der Waals surface area contributed by atoms with Crippen molar-refractivity contribution in [3.05, 3.63) is 54.2 Å². The third kappa shape index (κ3) is 2.47. The number of hydrogen-bond donors (Lipinski definition) is 2. The number of carbonyl (C=O) groups is 1. The number of nitrogens with one attached hydrogen (secondary N) is 1. The number of benzene rings is 2. The molecule has 3 N–H and O–H groups in total. The molecule has 0 radical (unpaired) electrons. The molecule has 0 aromatic heterocycles. The summed E-state index contributed by atoms with van der Waals surface area (Å²) in [5, 5.41) is 13.8. The van der Waals surface area contributed by atoms with Gasteiger partial charge in [-0.3, -0.25) is 4.79 Å². The number of primary amides is 1. The Kier molecular flexibility index (Phi) is 3.26. The number of nitriles is 1. The van der Waals surface area contributed by atoms with Gasteiger partial charge in [-0.05, 0) is 22.9 Å². The smallest absolute Gasteiger partial charge is 0.260 e. The fourth-order valence-electron chi connectivity index (χ4n) is 1.59. The van der Waals surface area contributed by atoms with Gasteiger partial charge in [-0.15, -0.1) is 0 Å². The van der Waals surface area contributed by atoms with E-state index in [4.69, 9.17) is 11.0 Å². The van der Waals surface area contributed by atoms with Crippen LogP contribution in [0.2, 0.25) is 0 Å². The van der Waals surface area contributed by atoms with Gasteiger partial charge < -0.3 is 11.1 Å². The van der Waals surface area contributed by atoms with Gasteiger partial charge in [0.05, 0.1) is 0 Å². The van der Waals surface area contributed by atoms with Gasteiger partial charge >= 0.3 is 0 Å². The summed E-state index contributed by atoms with van der Waals surface area (Å²) in [4.78, 5) is 10.9. The van der Waals surface area contributed by atoms with Crippen molar-refractivity contribution in [3.8, 4) is 6.07 Å². The van der Waals surface area contributed by atoms with Gasteiger partial charge in [-0.1, -0.05) is 30.3 Å². The Morgan fingerprint density at radius 3 is 2.61 bits per heavy atom. The fraction of sp³-hybridized carbons (Fsp3) is 0. The minimum Gasteiger partial charge on any atom is -0.365 e. The third-order valence-corrected chi connectivity index (χ3v) is 2.52. The van der Waals surface area contributed by atoms with Crippen LogP contribution in [0.25, 0.3) is 10.8 Å². The standard InChI is InChI=1S/C14H11N3O/c15-8-12(14(16)18)9-17-13-6-5-10-3-1-2-4-11(10)7-13/h1-7,9,17H,(H2,16,18)/b12-9+. The van der Waals surface area contributed by atoms with Gasteiger partial charge in [0.2, 0.25) is 0 Å². The molecule has 0 fully saturated rings. The van der Waals surface area contributed by atoms with E-state index < -0.39 is 5.91 Å². The van der Waals surface area contributed by atoms with Crippen LogP contribution in [-0.4, -0.2) is 5.91 Å². The molecule has 2 aromatic rings. The van der Waals surface area contributed by atoms with Gasteiger partial charge in [-0.25, -0.2) is 0 Å². The first-order valence-corrected chi connectivity index (χ1v) is 5.36. The highest BCUT2D eigenvalue weighted by Crippen LogP contribution is 2.18. The second kappa shape index (κ2) is 5.02. The molecule has 0 heterocycles. The Morgan fingerprint density at radius 2 is 1.94 bits per heavy atom. The highest BCUT2D eigenvalue weighted by Gasteiger charge is 2.02. The van der Waals surface area contributed by atoms with E-state index in [1.54, 1.807) is 6.07 Å². The molecule has 4 heteroatoms. The molecule has 0 aliphatic rings. The van der Waals surface area contributed by atoms with Gasteiger partial charge in [0.1, 0.15) is 11.6 Å². The Morgan fingerprint density at radius 1 is 1.22 bits per heavy atom. The molecule has 4 nitrogen and oxygen atoms in total. The second-order valence-corrected chi connectivity index (χ2v) is 3.74. The van der Waals surface area contributed by atoms with E-state index in [1.165, 1.54) is 6.20 Å². The van der Waals surface area contributed by atoms with Crippen molar-refractivity contribution in [3.63, 3.8) is 0 Å². The van der Waals surface area contributed by atoms with Crippen LogP contribution in [0.5, 0.6) is 0 Å². The third-order valence-electron chi connectivity index (χ3n) is 2.52. The summed E-state index contributed by atoms with van der Waals surface area (Å²) in [7, 11) is 0.